The van der Waals surface area contributed by atoms with Crippen molar-refractivity contribution in [3.63, 3.8) is 0 Å². The van der Waals surface area contributed by atoms with Gasteiger partial charge >= 0.3 is 0 Å². The summed E-state index contributed by atoms with van der Waals surface area (Å²) < 4.78 is 0. The Morgan fingerprint density at radius 2 is 1.94 bits per heavy atom. The number of amides is 1. The van der Waals surface area contributed by atoms with Gasteiger partial charge in [-0.05, 0) is 18.2 Å². The van der Waals surface area contributed by atoms with Crippen LogP contribution in [0.15, 0.2) is 18.2 Å². The fraction of sp³-hybridized carbons (Fsp3) is 0.300. The molecule has 3 N–H and O–H groups in total. The second-order valence-electron chi connectivity index (χ2n) is 3.16. The number of hydrogen-bond donors (Lipinski definition) is 3. The van der Waals surface area contributed by atoms with Gasteiger partial charge in [0.25, 0.3) is 5.91 Å². The molecule has 88 valence electrons. The van der Waals surface area contributed by atoms with Crippen LogP contribution >= 0.6 is 23.2 Å². The Balaban J connectivity index is 2.80. The quantitative estimate of drug-likeness (QED) is 0.762. The van der Waals surface area contributed by atoms with E-state index in [1.807, 2.05) is 0 Å². The molecule has 16 heavy (non-hydrogen) atoms. The lowest BCUT2D eigenvalue weighted by Gasteiger charge is -2.13. The molecule has 0 radical (unpaired) electrons. The Morgan fingerprint density at radius 1 is 1.31 bits per heavy atom. The van der Waals surface area contributed by atoms with E-state index in [-0.39, 0.29) is 23.8 Å². The number of carbonyl (C=O) groups excluding carboxylic acids is 1. The lowest BCUT2D eigenvalue weighted by Crippen LogP contribution is -2.40. The van der Waals surface area contributed by atoms with Gasteiger partial charge in [-0.15, -0.1) is 0 Å². The Morgan fingerprint density at radius 3 is 2.44 bits per heavy atom. The van der Waals surface area contributed by atoms with Crippen molar-refractivity contribution in [3.8, 4) is 0 Å². The van der Waals surface area contributed by atoms with E-state index < -0.39 is 11.9 Å². The summed E-state index contributed by atoms with van der Waals surface area (Å²) in [5.41, 5.74) is 0.248. The third-order valence-electron chi connectivity index (χ3n) is 1.95. The van der Waals surface area contributed by atoms with Gasteiger partial charge in [-0.2, -0.15) is 0 Å². The average molecular weight is 264 g/mol. The maximum Gasteiger partial charge on any atom is 0.253 e. The first kappa shape index (κ1) is 13.3. The number of nitrogens with one attached hydrogen (secondary N) is 1. The maximum atomic E-state index is 11.6. The zero-order valence-electron chi connectivity index (χ0n) is 8.28. The molecule has 0 aliphatic rings. The molecule has 0 atom stereocenters. The molecule has 0 saturated heterocycles. The molecular formula is C10H11Cl2NO3. The molecule has 0 bridgehead atoms. The van der Waals surface area contributed by atoms with E-state index in [1.165, 1.54) is 18.2 Å². The van der Waals surface area contributed by atoms with Gasteiger partial charge < -0.3 is 15.5 Å². The second kappa shape index (κ2) is 6.06. The Bertz CT molecular complexity index is 380. The maximum absolute atomic E-state index is 11.6. The summed E-state index contributed by atoms with van der Waals surface area (Å²) in [5.74, 6) is -0.463. The monoisotopic (exact) mass is 263 g/mol. The zero-order chi connectivity index (χ0) is 12.1. The van der Waals surface area contributed by atoms with Gasteiger partial charge in [0, 0.05) is 5.02 Å². The third kappa shape index (κ3) is 3.35. The fourth-order valence-corrected chi connectivity index (χ4v) is 1.58. The number of carbonyl (C=O) groups is 1. The summed E-state index contributed by atoms with van der Waals surface area (Å²) in [6, 6.07) is 3.77. The summed E-state index contributed by atoms with van der Waals surface area (Å²) in [6.07, 6.45) is 0. The van der Waals surface area contributed by atoms with Crippen LogP contribution in [-0.2, 0) is 0 Å². The highest BCUT2D eigenvalue weighted by Gasteiger charge is 2.14. The molecule has 0 aliphatic heterocycles. The third-order valence-corrected chi connectivity index (χ3v) is 2.50. The first-order valence-electron chi connectivity index (χ1n) is 4.56. The van der Waals surface area contributed by atoms with Crippen LogP contribution in [0.3, 0.4) is 0 Å². The average Bonchev–Trinajstić information content (AvgIpc) is 2.25. The van der Waals surface area contributed by atoms with Gasteiger partial charge in [-0.25, -0.2) is 0 Å². The minimum absolute atomic E-state index is 0.222. The van der Waals surface area contributed by atoms with Gasteiger partial charge in [-0.3, -0.25) is 4.79 Å². The molecule has 0 fully saturated rings. The van der Waals surface area contributed by atoms with E-state index in [0.717, 1.165) is 0 Å². The van der Waals surface area contributed by atoms with E-state index in [1.54, 1.807) is 0 Å². The van der Waals surface area contributed by atoms with Crippen LogP contribution in [0.25, 0.3) is 0 Å². The molecule has 1 amide bonds. The highest BCUT2D eigenvalue weighted by molar-refractivity contribution is 6.36. The summed E-state index contributed by atoms with van der Waals surface area (Å²) in [5, 5.41) is 20.7. The van der Waals surface area contributed by atoms with Crippen LogP contribution in [-0.4, -0.2) is 35.4 Å². The standard InChI is InChI=1S/C10H11Cl2NO3/c11-6-1-2-8(9(12)3-6)10(16)13-7(4-14)5-15/h1-3,7,14-15H,4-5H2,(H,13,16). The van der Waals surface area contributed by atoms with Crippen molar-refractivity contribution in [2.75, 3.05) is 13.2 Å². The van der Waals surface area contributed by atoms with Crippen molar-refractivity contribution in [1.82, 2.24) is 5.32 Å². The van der Waals surface area contributed by atoms with Crippen molar-refractivity contribution in [1.29, 1.82) is 0 Å². The van der Waals surface area contributed by atoms with Gasteiger partial charge in [0.1, 0.15) is 0 Å². The topological polar surface area (TPSA) is 69.6 Å². The molecule has 6 heteroatoms. The fourth-order valence-electron chi connectivity index (χ4n) is 1.09. The van der Waals surface area contributed by atoms with Crippen LogP contribution in [0.5, 0.6) is 0 Å². The van der Waals surface area contributed by atoms with Crippen LogP contribution in [0.1, 0.15) is 10.4 Å². The predicted molar refractivity (Wildman–Crippen MR) is 61.9 cm³/mol. The normalized spacial score (nSPS) is 10.6. The highest BCUT2D eigenvalue weighted by atomic mass is 35.5. The van der Waals surface area contributed by atoms with E-state index in [2.05, 4.69) is 5.32 Å². The first-order valence-corrected chi connectivity index (χ1v) is 5.31. The summed E-state index contributed by atoms with van der Waals surface area (Å²) in [4.78, 5) is 11.6. The Kier molecular flexibility index (Phi) is 5.02. The Labute approximate surface area is 103 Å². The highest BCUT2D eigenvalue weighted by Crippen LogP contribution is 2.20. The van der Waals surface area contributed by atoms with Crippen LogP contribution in [0.4, 0.5) is 0 Å². The van der Waals surface area contributed by atoms with Crippen LogP contribution in [0.2, 0.25) is 10.0 Å². The smallest absolute Gasteiger partial charge is 0.253 e. The summed E-state index contributed by atoms with van der Waals surface area (Å²) in [7, 11) is 0. The van der Waals surface area contributed by atoms with Crippen molar-refractivity contribution in [2.45, 2.75) is 6.04 Å². The number of aliphatic hydroxyl groups excluding tert-OH is 2. The molecule has 1 rings (SSSR count). The number of rotatable bonds is 4. The Hall–Kier alpha value is -0.810. The molecule has 0 unspecified atom stereocenters. The lowest BCUT2D eigenvalue weighted by atomic mass is 10.2. The minimum Gasteiger partial charge on any atom is -0.394 e. The first-order chi connectivity index (χ1) is 7.58. The zero-order valence-corrected chi connectivity index (χ0v) is 9.79. The van der Waals surface area contributed by atoms with Crippen molar-refractivity contribution >= 4 is 29.1 Å². The molecule has 1 aromatic rings. The summed E-state index contributed by atoms with van der Waals surface area (Å²) >= 11 is 11.5. The predicted octanol–water partition coefficient (Wildman–Crippen LogP) is 1.08. The van der Waals surface area contributed by atoms with Gasteiger partial charge in [-0.1, -0.05) is 23.2 Å². The number of halogens is 2. The number of hydrogen-bond acceptors (Lipinski definition) is 3. The van der Waals surface area contributed by atoms with Gasteiger partial charge in [0.05, 0.1) is 29.8 Å². The van der Waals surface area contributed by atoms with Crippen molar-refractivity contribution < 1.29 is 15.0 Å². The second-order valence-corrected chi connectivity index (χ2v) is 4.00. The van der Waals surface area contributed by atoms with E-state index >= 15 is 0 Å². The molecule has 0 saturated carbocycles. The van der Waals surface area contributed by atoms with Crippen LogP contribution < -0.4 is 5.32 Å². The molecular weight excluding hydrogens is 253 g/mol. The van der Waals surface area contributed by atoms with Gasteiger partial charge in [0.2, 0.25) is 0 Å². The molecule has 0 heterocycles. The molecule has 0 aromatic heterocycles. The van der Waals surface area contributed by atoms with E-state index in [0.29, 0.717) is 5.02 Å². The molecule has 1 aromatic carbocycles. The van der Waals surface area contributed by atoms with Gasteiger partial charge in [0.15, 0.2) is 0 Å². The SMILES string of the molecule is O=C(NC(CO)CO)c1ccc(Cl)cc1Cl. The number of benzene rings is 1. The summed E-state index contributed by atoms with van der Waals surface area (Å²) in [6.45, 7) is -0.680. The van der Waals surface area contributed by atoms with Crippen molar-refractivity contribution in [2.24, 2.45) is 0 Å². The number of aliphatic hydroxyl groups is 2. The van der Waals surface area contributed by atoms with E-state index in [9.17, 15) is 4.79 Å². The molecule has 0 spiro atoms. The molecule has 0 aliphatic carbocycles. The van der Waals surface area contributed by atoms with E-state index in [4.69, 9.17) is 33.4 Å². The van der Waals surface area contributed by atoms with Crippen molar-refractivity contribution in [3.05, 3.63) is 33.8 Å². The minimum atomic E-state index is -0.695. The lowest BCUT2D eigenvalue weighted by molar-refractivity contribution is 0.0879. The van der Waals surface area contributed by atoms with Crippen LogP contribution in [0, 0.1) is 0 Å². The molecule has 4 nitrogen and oxygen atoms in total. The largest absolute Gasteiger partial charge is 0.394 e.